The molecular weight excluding hydrogens is 288 g/mol. The van der Waals surface area contributed by atoms with Crippen molar-refractivity contribution < 1.29 is 14.6 Å². The van der Waals surface area contributed by atoms with Gasteiger partial charge in [-0.05, 0) is 18.2 Å². The van der Waals surface area contributed by atoms with Crippen molar-refractivity contribution in [3.63, 3.8) is 0 Å². The van der Waals surface area contributed by atoms with E-state index in [1.165, 1.54) is 7.11 Å². The number of rotatable bonds is 1. The van der Waals surface area contributed by atoms with E-state index in [0.717, 1.165) is 22.5 Å². The monoisotopic (exact) mass is 300 g/mol. The minimum Gasteiger partial charge on any atom is -0.464 e. The van der Waals surface area contributed by atoms with Crippen LogP contribution >= 0.6 is 15.9 Å². The number of ether oxygens (including phenoxy) is 1. The van der Waals surface area contributed by atoms with E-state index in [0.29, 0.717) is 11.4 Å². The van der Waals surface area contributed by atoms with Gasteiger partial charge in [-0.25, -0.2) is 4.79 Å². The van der Waals surface area contributed by atoms with Crippen LogP contribution in [0.5, 0.6) is 0 Å². The van der Waals surface area contributed by atoms with Crippen LogP contribution < -0.4 is 5.73 Å². The molecule has 6 heteroatoms. The van der Waals surface area contributed by atoms with Crippen LogP contribution in [0.3, 0.4) is 0 Å². The highest BCUT2D eigenvalue weighted by Gasteiger charge is 2.11. The number of methoxy groups -OCH3 is 1. The van der Waals surface area contributed by atoms with Crippen molar-refractivity contribution >= 4 is 38.5 Å². The van der Waals surface area contributed by atoms with Gasteiger partial charge in [-0.1, -0.05) is 15.9 Å². The predicted octanol–water partition coefficient (Wildman–Crippen LogP) is 1.91. The Labute approximate surface area is 107 Å². The molecule has 2 rings (SSSR count). The van der Waals surface area contributed by atoms with Gasteiger partial charge in [-0.2, -0.15) is 0 Å². The number of aromatic amines is 1. The summed E-state index contributed by atoms with van der Waals surface area (Å²) >= 11 is 3.34. The molecule has 0 spiro atoms. The summed E-state index contributed by atoms with van der Waals surface area (Å²) in [6.07, 6.45) is 0. The number of benzene rings is 1. The average Bonchev–Trinajstić information content (AvgIpc) is 2.74. The summed E-state index contributed by atoms with van der Waals surface area (Å²) < 4.78 is 5.49. The van der Waals surface area contributed by atoms with Crippen molar-refractivity contribution in [3.8, 4) is 0 Å². The lowest BCUT2D eigenvalue weighted by Gasteiger charge is -1.97. The minimum atomic E-state index is -0.401. The highest BCUT2D eigenvalue weighted by Crippen LogP contribution is 2.26. The van der Waals surface area contributed by atoms with Gasteiger partial charge in [-0.3, -0.25) is 0 Å². The van der Waals surface area contributed by atoms with E-state index in [1.54, 1.807) is 12.1 Å². The Morgan fingerprint density at radius 1 is 1.41 bits per heavy atom. The number of aliphatic hydroxyl groups is 1. The van der Waals surface area contributed by atoms with E-state index in [9.17, 15) is 4.79 Å². The standard InChI is InChI=1S/C10H9BrN2O2.CH4O/c1-15-10(14)8-3-5-2-6(11)4-7(12)9(5)13-8;1-2/h2-4,13H,12H2,1H3;2H,1H3. The maximum atomic E-state index is 11.3. The van der Waals surface area contributed by atoms with E-state index < -0.39 is 5.97 Å². The summed E-state index contributed by atoms with van der Waals surface area (Å²) in [6.45, 7) is 0. The zero-order valence-corrected chi connectivity index (χ0v) is 11.0. The number of nitrogen functional groups attached to an aromatic ring is 1. The number of carbonyl (C=O) groups excluding carboxylic acids is 1. The van der Waals surface area contributed by atoms with Crippen LogP contribution in [0, 0.1) is 0 Å². The van der Waals surface area contributed by atoms with Gasteiger partial charge >= 0.3 is 5.97 Å². The molecule has 1 aromatic carbocycles. The maximum absolute atomic E-state index is 11.3. The fraction of sp³-hybridized carbons (Fsp3) is 0.182. The number of hydrogen-bond donors (Lipinski definition) is 3. The molecule has 0 saturated heterocycles. The largest absolute Gasteiger partial charge is 0.464 e. The molecule has 2 aromatic rings. The van der Waals surface area contributed by atoms with Crippen LogP contribution in [-0.4, -0.2) is 30.3 Å². The molecule has 0 aliphatic rings. The molecular formula is C11H13BrN2O3. The maximum Gasteiger partial charge on any atom is 0.354 e. The summed E-state index contributed by atoms with van der Waals surface area (Å²) in [7, 11) is 2.34. The summed E-state index contributed by atoms with van der Waals surface area (Å²) in [6, 6.07) is 5.37. The number of esters is 1. The molecule has 4 N–H and O–H groups in total. The number of anilines is 1. The van der Waals surface area contributed by atoms with Gasteiger partial charge < -0.3 is 20.6 Å². The molecule has 17 heavy (non-hydrogen) atoms. The van der Waals surface area contributed by atoms with Gasteiger partial charge in [-0.15, -0.1) is 0 Å². The number of aromatic nitrogens is 1. The highest BCUT2D eigenvalue weighted by atomic mass is 79.9. The van der Waals surface area contributed by atoms with E-state index in [2.05, 4.69) is 25.7 Å². The zero-order valence-electron chi connectivity index (χ0n) is 9.45. The van der Waals surface area contributed by atoms with Crippen molar-refractivity contribution in [2.75, 3.05) is 20.0 Å². The van der Waals surface area contributed by atoms with Crippen molar-refractivity contribution in [3.05, 3.63) is 28.4 Å². The van der Waals surface area contributed by atoms with Crippen molar-refractivity contribution in [1.29, 1.82) is 0 Å². The Balaban J connectivity index is 0.000000686. The molecule has 1 aromatic heterocycles. The number of hydrogen-bond acceptors (Lipinski definition) is 4. The number of fused-ring (bicyclic) bond motifs is 1. The number of H-pyrrole nitrogens is 1. The summed E-state index contributed by atoms with van der Waals surface area (Å²) in [5, 5.41) is 7.88. The first kappa shape index (κ1) is 13.5. The molecule has 0 bridgehead atoms. The van der Waals surface area contributed by atoms with Gasteiger partial charge in [0, 0.05) is 17.0 Å². The summed E-state index contributed by atoms with van der Waals surface area (Å²) in [5.74, 6) is -0.401. The molecule has 1 heterocycles. The Hall–Kier alpha value is -1.53. The summed E-state index contributed by atoms with van der Waals surface area (Å²) in [4.78, 5) is 14.2. The number of nitrogens with one attached hydrogen (secondary N) is 1. The lowest BCUT2D eigenvalue weighted by Crippen LogP contribution is -2.00. The first-order valence-corrected chi connectivity index (χ1v) is 5.52. The molecule has 0 radical (unpaired) electrons. The smallest absolute Gasteiger partial charge is 0.354 e. The Bertz CT molecular complexity index is 537. The third kappa shape index (κ3) is 2.78. The van der Waals surface area contributed by atoms with E-state index in [4.69, 9.17) is 10.8 Å². The zero-order chi connectivity index (χ0) is 13.0. The third-order valence-corrected chi connectivity index (χ3v) is 2.59. The van der Waals surface area contributed by atoms with Crippen LogP contribution in [0.2, 0.25) is 0 Å². The second kappa shape index (κ2) is 5.70. The van der Waals surface area contributed by atoms with Gasteiger partial charge in [0.25, 0.3) is 0 Å². The SMILES string of the molecule is CO.COC(=O)c1cc2cc(Br)cc(N)c2[nH]1. The average molecular weight is 301 g/mol. The molecule has 5 nitrogen and oxygen atoms in total. The molecule has 0 saturated carbocycles. The van der Waals surface area contributed by atoms with Crippen molar-refractivity contribution in [2.24, 2.45) is 0 Å². The normalized spacial score (nSPS) is 9.65. The molecule has 92 valence electrons. The molecule has 0 atom stereocenters. The van der Waals surface area contributed by atoms with Gasteiger partial charge in [0.1, 0.15) is 5.69 Å². The fourth-order valence-corrected chi connectivity index (χ4v) is 1.95. The van der Waals surface area contributed by atoms with Crippen molar-refractivity contribution in [2.45, 2.75) is 0 Å². The van der Waals surface area contributed by atoms with Crippen LogP contribution in [0.4, 0.5) is 5.69 Å². The quantitative estimate of drug-likeness (QED) is 0.554. The van der Waals surface area contributed by atoms with Crippen LogP contribution in [0.25, 0.3) is 10.9 Å². The lowest BCUT2D eigenvalue weighted by molar-refractivity contribution is 0.0595. The third-order valence-electron chi connectivity index (χ3n) is 2.13. The Morgan fingerprint density at radius 2 is 2.06 bits per heavy atom. The molecule has 0 amide bonds. The number of carbonyl (C=O) groups is 1. The summed E-state index contributed by atoms with van der Waals surface area (Å²) in [5.41, 5.74) is 7.54. The van der Waals surface area contributed by atoms with Crippen LogP contribution in [0.1, 0.15) is 10.5 Å². The topological polar surface area (TPSA) is 88.3 Å². The molecule has 0 aliphatic carbocycles. The number of halogens is 1. The molecule has 0 fully saturated rings. The van der Waals surface area contributed by atoms with Crippen molar-refractivity contribution in [1.82, 2.24) is 4.98 Å². The fourth-order valence-electron chi connectivity index (χ4n) is 1.45. The predicted molar refractivity (Wildman–Crippen MR) is 69.9 cm³/mol. The van der Waals surface area contributed by atoms with Gasteiger partial charge in [0.15, 0.2) is 0 Å². The van der Waals surface area contributed by atoms with Crippen LogP contribution in [-0.2, 0) is 4.74 Å². The number of aliphatic hydroxyl groups excluding tert-OH is 1. The van der Waals surface area contributed by atoms with E-state index >= 15 is 0 Å². The van der Waals surface area contributed by atoms with Gasteiger partial charge in [0.05, 0.1) is 18.3 Å². The second-order valence-electron chi connectivity index (χ2n) is 3.13. The first-order valence-electron chi connectivity index (χ1n) is 4.72. The van der Waals surface area contributed by atoms with Crippen LogP contribution in [0.15, 0.2) is 22.7 Å². The van der Waals surface area contributed by atoms with E-state index in [1.807, 2.05) is 6.07 Å². The highest BCUT2D eigenvalue weighted by molar-refractivity contribution is 9.10. The first-order chi connectivity index (χ1) is 8.11. The van der Waals surface area contributed by atoms with E-state index in [-0.39, 0.29) is 0 Å². The minimum absolute atomic E-state index is 0.400. The van der Waals surface area contributed by atoms with Gasteiger partial charge in [0.2, 0.25) is 0 Å². The Morgan fingerprint density at radius 3 is 2.65 bits per heavy atom. The number of nitrogens with two attached hydrogens (primary N) is 1. The second-order valence-corrected chi connectivity index (χ2v) is 4.05. The molecule has 0 aliphatic heterocycles. The molecule has 0 unspecified atom stereocenters. The Kier molecular flexibility index (Phi) is 4.53. The lowest BCUT2D eigenvalue weighted by atomic mass is 10.2.